The Morgan fingerprint density at radius 2 is 1.22 bits per heavy atom. The zero-order valence-corrected chi connectivity index (χ0v) is 10.7. The fraction of sp³-hybridized carbons (Fsp3) is 1.00. The topological polar surface area (TPSA) is 63.6 Å². The molecule has 0 atom stereocenters. The van der Waals surface area contributed by atoms with Gasteiger partial charge in [0.05, 0.1) is 0 Å². The van der Waals surface area contributed by atoms with E-state index < -0.39 is 46.9 Å². The van der Waals surface area contributed by atoms with Gasteiger partial charge in [0.25, 0.3) is 0 Å². The molecule has 142 valence electrons. The molecule has 23 heavy (non-hydrogen) atoms. The third kappa shape index (κ3) is 7.42. The third-order valence-electron chi connectivity index (χ3n) is 1.36. The van der Waals surface area contributed by atoms with Crippen LogP contribution in [0.4, 0.5) is 52.7 Å². The minimum absolute atomic E-state index is 1.74. The van der Waals surface area contributed by atoms with Crippen molar-refractivity contribution >= 4 is 10.1 Å². The van der Waals surface area contributed by atoms with Gasteiger partial charge in [0.2, 0.25) is 0 Å². The molecule has 0 saturated heterocycles. The van der Waals surface area contributed by atoms with Crippen molar-refractivity contribution in [3.05, 3.63) is 0 Å². The number of halogens is 12. The van der Waals surface area contributed by atoms with Crippen molar-refractivity contribution in [1.29, 1.82) is 0 Å². The number of aliphatic hydroxyl groups excluding tert-OH is 1. The molecule has 17 heteroatoms. The number of hydrogen-bond donors (Lipinski definition) is 1. The molecule has 0 heterocycles. The number of aliphatic hydroxyl groups is 1. The average molecular weight is 400 g/mol. The van der Waals surface area contributed by atoms with Crippen molar-refractivity contribution in [2.24, 2.45) is 0 Å². The van der Waals surface area contributed by atoms with E-state index in [9.17, 15) is 61.1 Å². The van der Waals surface area contributed by atoms with Crippen LogP contribution < -0.4 is 0 Å². The fourth-order valence-corrected chi connectivity index (χ4v) is 0.766. The molecule has 0 aromatic heterocycles. The number of rotatable bonds is 4. The molecule has 0 aromatic rings. The van der Waals surface area contributed by atoms with E-state index >= 15 is 0 Å². The average Bonchev–Trinajstić information content (AvgIpc) is 2.25. The van der Waals surface area contributed by atoms with Gasteiger partial charge in [-0.15, -0.1) is 0 Å². The first kappa shape index (κ1) is 24.3. The number of alkyl halides is 12. The van der Waals surface area contributed by atoms with Crippen LogP contribution in [0.25, 0.3) is 0 Å². The lowest BCUT2D eigenvalue weighted by Gasteiger charge is -2.19. The molecular formula is C6H4F12O4S. The van der Waals surface area contributed by atoms with Gasteiger partial charge in [-0.1, -0.05) is 0 Å². The van der Waals surface area contributed by atoms with E-state index in [1.165, 1.54) is 0 Å². The van der Waals surface area contributed by atoms with E-state index in [1.54, 1.807) is 4.18 Å². The summed E-state index contributed by atoms with van der Waals surface area (Å²) in [5.41, 5.74) is -6.36. The normalized spacial score (nSPS) is 14.5. The monoisotopic (exact) mass is 400 g/mol. The van der Waals surface area contributed by atoms with Crippen LogP contribution in [0.15, 0.2) is 0 Å². The van der Waals surface area contributed by atoms with E-state index in [1.807, 2.05) is 0 Å². The zero-order valence-electron chi connectivity index (χ0n) is 9.90. The van der Waals surface area contributed by atoms with Crippen molar-refractivity contribution in [3.63, 3.8) is 0 Å². The first-order valence-corrected chi connectivity index (χ1v) is 5.85. The maximum Gasteiger partial charge on any atom is 0.523 e. The van der Waals surface area contributed by atoms with E-state index in [-0.39, 0.29) is 0 Å². The summed E-state index contributed by atoms with van der Waals surface area (Å²) < 4.78 is 157. The minimum atomic E-state index is -7.01. The standard InChI is InChI=1S/C3F8O3S.C3H4F4O/c4-1(5,6)2(7,8)14-15(12,13)3(9,10)11;4-2(5)3(6,7)1-8/h;2,8H,1H2. The Balaban J connectivity index is 0. The van der Waals surface area contributed by atoms with Crippen LogP contribution in [0.1, 0.15) is 0 Å². The summed E-state index contributed by atoms with van der Waals surface area (Å²) >= 11 is 0. The quantitative estimate of drug-likeness (QED) is 0.448. The molecule has 0 aliphatic carbocycles. The highest BCUT2D eigenvalue weighted by atomic mass is 32.2. The second kappa shape index (κ2) is 7.29. The molecule has 0 aromatic carbocycles. The van der Waals surface area contributed by atoms with Crippen LogP contribution in [-0.4, -0.2) is 50.3 Å². The van der Waals surface area contributed by atoms with Gasteiger partial charge in [0.1, 0.15) is 6.61 Å². The fourth-order valence-electron chi connectivity index (χ4n) is 0.301. The zero-order chi connectivity index (χ0) is 19.5. The Bertz CT molecular complexity index is 463. The van der Waals surface area contributed by atoms with Crippen LogP contribution in [0.2, 0.25) is 0 Å². The van der Waals surface area contributed by atoms with Crippen LogP contribution in [-0.2, 0) is 14.3 Å². The molecule has 0 aliphatic heterocycles. The van der Waals surface area contributed by atoms with Crippen LogP contribution >= 0.6 is 0 Å². The second-order valence-electron chi connectivity index (χ2n) is 3.22. The lowest BCUT2D eigenvalue weighted by molar-refractivity contribution is -0.361. The summed E-state index contributed by atoms with van der Waals surface area (Å²) in [7, 11) is -7.01. The first-order valence-electron chi connectivity index (χ1n) is 4.44. The molecule has 0 aliphatic rings. The highest BCUT2D eigenvalue weighted by Crippen LogP contribution is 2.40. The Kier molecular flexibility index (Phi) is 7.69. The highest BCUT2D eigenvalue weighted by molar-refractivity contribution is 7.87. The molecular weight excluding hydrogens is 396 g/mol. The van der Waals surface area contributed by atoms with E-state index in [0.29, 0.717) is 0 Å². The van der Waals surface area contributed by atoms with Crippen LogP contribution in [0.5, 0.6) is 0 Å². The summed E-state index contributed by atoms with van der Waals surface area (Å²) in [5.74, 6) is -4.24. The van der Waals surface area contributed by atoms with Crippen molar-refractivity contribution in [1.82, 2.24) is 0 Å². The van der Waals surface area contributed by atoms with Gasteiger partial charge in [-0.2, -0.15) is 56.5 Å². The summed E-state index contributed by atoms with van der Waals surface area (Å²) in [6.45, 7) is -1.80. The summed E-state index contributed by atoms with van der Waals surface area (Å²) in [4.78, 5) is 0. The highest BCUT2D eigenvalue weighted by Gasteiger charge is 2.65. The Hall–Kier alpha value is -0.970. The lowest BCUT2D eigenvalue weighted by atomic mass is 10.4. The van der Waals surface area contributed by atoms with Crippen molar-refractivity contribution < 1.29 is 70.4 Å². The van der Waals surface area contributed by atoms with Crippen molar-refractivity contribution in [2.45, 2.75) is 30.1 Å². The minimum Gasteiger partial charge on any atom is -0.390 e. The second-order valence-corrected chi connectivity index (χ2v) is 4.76. The summed E-state index contributed by atoms with van der Waals surface area (Å²) in [6, 6.07) is 0. The van der Waals surface area contributed by atoms with Gasteiger partial charge in [0.15, 0.2) is 0 Å². The first-order chi connectivity index (χ1) is 9.71. The Morgan fingerprint density at radius 1 is 0.870 bits per heavy atom. The predicted molar refractivity (Wildman–Crippen MR) is 45.1 cm³/mol. The lowest BCUT2D eigenvalue weighted by Crippen LogP contribution is -2.43. The maximum atomic E-state index is 11.7. The van der Waals surface area contributed by atoms with Gasteiger partial charge in [-0.05, 0) is 0 Å². The van der Waals surface area contributed by atoms with Gasteiger partial charge < -0.3 is 5.11 Å². The molecule has 0 radical (unpaired) electrons. The molecule has 0 bridgehead atoms. The smallest absolute Gasteiger partial charge is 0.390 e. The van der Waals surface area contributed by atoms with Crippen molar-refractivity contribution in [2.75, 3.05) is 6.61 Å². The molecule has 0 amide bonds. The van der Waals surface area contributed by atoms with E-state index in [2.05, 4.69) is 0 Å². The Labute approximate surface area is 118 Å². The van der Waals surface area contributed by atoms with E-state index in [0.717, 1.165) is 0 Å². The van der Waals surface area contributed by atoms with Gasteiger partial charge in [-0.3, -0.25) is 0 Å². The van der Waals surface area contributed by atoms with E-state index in [4.69, 9.17) is 5.11 Å². The molecule has 4 nitrogen and oxygen atoms in total. The molecule has 0 unspecified atom stereocenters. The molecule has 0 rings (SSSR count). The van der Waals surface area contributed by atoms with Crippen LogP contribution in [0, 0.1) is 0 Å². The largest absolute Gasteiger partial charge is 0.523 e. The van der Waals surface area contributed by atoms with Gasteiger partial charge in [0, 0.05) is 0 Å². The van der Waals surface area contributed by atoms with Crippen molar-refractivity contribution in [3.8, 4) is 0 Å². The van der Waals surface area contributed by atoms with Crippen LogP contribution in [0.3, 0.4) is 0 Å². The molecule has 1 N–H and O–H groups in total. The van der Waals surface area contributed by atoms with Gasteiger partial charge >= 0.3 is 40.3 Å². The SMILES string of the molecule is O=S(=O)(OC(F)(F)C(F)(F)F)C(F)(F)F.OCC(F)(F)C(F)F. The Morgan fingerprint density at radius 3 is 1.35 bits per heavy atom. The third-order valence-corrected chi connectivity index (χ3v) is 2.35. The maximum absolute atomic E-state index is 11.7. The molecule has 0 saturated carbocycles. The summed E-state index contributed by atoms with van der Waals surface area (Å²) in [5, 5.41) is 7.53. The summed E-state index contributed by atoms with van der Waals surface area (Å²) in [6.07, 6.45) is -16.8. The molecule has 0 fully saturated rings. The number of hydrogen-bond acceptors (Lipinski definition) is 4. The predicted octanol–water partition coefficient (Wildman–Crippen LogP) is 2.89. The van der Waals surface area contributed by atoms with Gasteiger partial charge in [-0.25, -0.2) is 8.78 Å². The molecule has 0 spiro atoms.